The molecule has 0 aliphatic heterocycles. The molecule has 5 heteroatoms. The highest BCUT2D eigenvalue weighted by atomic mass is 79.9. The highest BCUT2D eigenvalue weighted by Gasteiger charge is 2.05. The van der Waals surface area contributed by atoms with Crippen LogP contribution in [0.5, 0.6) is 0 Å². The van der Waals surface area contributed by atoms with Gasteiger partial charge in [0.1, 0.15) is 5.82 Å². The molecular weight excluding hydrogens is 323 g/mol. The number of hydrogen-bond acceptors (Lipinski definition) is 2. The fraction of sp³-hybridized carbons (Fsp3) is 0.133. The smallest absolute Gasteiger partial charge is 0.226 e. The number of nitrogens with one attached hydrogen (secondary N) is 2. The summed E-state index contributed by atoms with van der Waals surface area (Å²) < 4.78 is 14.3. The Bertz CT molecular complexity index is 604. The lowest BCUT2D eigenvalue weighted by Crippen LogP contribution is -2.16. The maximum atomic E-state index is 13.3. The van der Waals surface area contributed by atoms with E-state index in [9.17, 15) is 9.18 Å². The number of anilines is 2. The van der Waals surface area contributed by atoms with Gasteiger partial charge in [0.25, 0.3) is 0 Å². The first-order chi connectivity index (χ1) is 9.65. The summed E-state index contributed by atoms with van der Waals surface area (Å²) in [5.74, 6) is -0.654. The van der Waals surface area contributed by atoms with Crippen molar-refractivity contribution in [1.82, 2.24) is 0 Å². The average Bonchev–Trinajstić information content (AvgIpc) is 2.41. The molecule has 0 spiro atoms. The number of benzene rings is 2. The molecule has 0 bridgehead atoms. The fourth-order valence-electron chi connectivity index (χ4n) is 1.69. The maximum absolute atomic E-state index is 13.3. The number of hydrogen-bond donors (Lipinski definition) is 2. The summed E-state index contributed by atoms with van der Waals surface area (Å²) in [4.78, 5) is 11.7. The zero-order valence-electron chi connectivity index (χ0n) is 10.7. The zero-order valence-corrected chi connectivity index (χ0v) is 12.3. The van der Waals surface area contributed by atoms with Gasteiger partial charge in [-0.1, -0.05) is 34.1 Å². The first-order valence-corrected chi connectivity index (χ1v) is 6.98. The Hall–Kier alpha value is -1.88. The molecule has 0 radical (unpaired) electrons. The third-order valence-corrected chi connectivity index (χ3v) is 3.15. The quantitative estimate of drug-likeness (QED) is 0.865. The van der Waals surface area contributed by atoms with Gasteiger partial charge in [0, 0.05) is 23.1 Å². The second-order valence-electron chi connectivity index (χ2n) is 4.22. The SMILES string of the molecule is O=C(CCNc1cccc(Br)c1)Nc1ccccc1F. The molecule has 0 heterocycles. The lowest BCUT2D eigenvalue weighted by molar-refractivity contribution is -0.116. The van der Waals surface area contributed by atoms with Gasteiger partial charge in [-0.2, -0.15) is 0 Å². The summed E-state index contributed by atoms with van der Waals surface area (Å²) in [6, 6.07) is 13.8. The van der Waals surface area contributed by atoms with E-state index < -0.39 is 5.82 Å². The van der Waals surface area contributed by atoms with Gasteiger partial charge in [-0.3, -0.25) is 4.79 Å². The molecule has 104 valence electrons. The van der Waals surface area contributed by atoms with Gasteiger partial charge >= 0.3 is 0 Å². The minimum Gasteiger partial charge on any atom is -0.384 e. The third kappa shape index (κ3) is 4.35. The van der Waals surface area contributed by atoms with E-state index in [4.69, 9.17) is 0 Å². The third-order valence-electron chi connectivity index (χ3n) is 2.65. The molecule has 0 aliphatic rings. The minimum atomic E-state index is -0.430. The maximum Gasteiger partial charge on any atom is 0.226 e. The van der Waals surface area contributed by atoms with Crippen LogP contribution in [0.2, 0.25) is 0 Å². The van der Waals surface area contributed by atoms with Crippen LogP contribution < -0.4 is 10.6 Å². The van der Waals surface area contributed by atoms with Gasteiger partial charge in [-0.25, -0.2) is 4.39 Å². The first-order valence-electron chi connectivity index (χ1n) is 6.19. The molecule has 20 heavy (non-hydrogen) atoms. The number of halogens is 2. The Kier molecular flexibility index (Phi) is 5.12. The standard InChI is InChI=1S/C15H14BrFN2O/c16-11-4-3-5-12(10-11)18-9-8-15(20)19-14-7-2-1-6-13(14)17/h1-7,10,18H,8-9H2,(H,19,20). The van der Waals surface area contributed by atoms with Gasteiger partial charge < -0.3 is 10.6 Å². The fourth-order valence-corrected chi connectivity index (χ4v) is 2.09. The molecule has 0 aromatic heterocycles. The molecule has 2 aromatic carbocycles. The van der Waals surface area contributed by atoms with E-state index in [0.29, 0.717) is 6.54 Å². The van der Waals surface area contributed by atoms with Crippen molar-refractivity contribution >= 4 is 33.2 Å². The van der Waals surface area contributed by atoms with Crippen LogP contribution in [0.25, 0.3) is 0 Å². The molecule has 3 nitrogen and oxygen atoms in total. The van der Waals surface area contributed by atoms with Crippen LogP contribution in [0.15, 0.2) is 53.0 Å². The molecule has 0 saturated heterocycles. The van der Waals surface area contributed by atoms with Crippen LogP contribution in [0.4, 0.5) is 15.8 Å². The molecule has 0 saturated carbocycles. The van der Waals surface area contributed by atoms with Crippen molar-refractivity contribution in [3.63, 3.8) is 0 Å². The number of amides is 1. The Labute approximate surface area is 125 Å². The van der Waals surface area contributed by atoms with Crippen molar-refractivity contribution in [1.29, 1.82) is 0 Å². The zero-order chi connectivity index (χ0) is 14.4. The average molecular weight is 337 g/mol. The highest BCUT2D eigenvalue weighted by Crippen LogP contribution is 2.16. The van der Waals surface area contributed by atoms with Crippen LogP contribution >= 0.6 is 15.9 Å². The topological polar surface area (TPSA) is 41.1 Å². The molecule has 1 amide bonds. The van der Waals surface area contributed by atoms with Gasteiger partial charge in [-0.05, 0) is 30.3 Å². The summed E-state index contributed by atoms with van der Waals surface area (Å²) in [6.45, 7) is 0.483. The van der Waals surface area contributed by atoms with Crippen LogP contribution in [0, 0.1) is 5.82 Å². The number of carbonyl (C=O) groups is 1. The van der Waals surface area contributed by atoms with Gasteiger partial charge in [-0.15, -0.1) is 0 Å². The lowest BCUT2D eigenvalue weighted by Gasteiger charge is -2.08. The predicted molar refractivity (Wildman–Crippen MR) is 82.3 cm³/mol. The van der Waals surface area contributed by atoms with Crippen LogP contribution in [0.3, 0.4) is 0 Å². The Morgan fingerprint density at radius 2 is 1.95 bits per heavy atom. The second kappa shape index (κ2) is 7.05. The highest BCUT2D eigenvalue weighted by molar-refractivity contribution is 9.10. The van der Waals surface area contributed by atoms with E-state index in [-0.39, 0.29) is 18.0 Å². The summed E-state index contributed by atoms with van der Waals surface area (Å²) >= 11 is 3.37. The first kappa shape index (κ1) is 14.5. The molecule has 2 aromatic rings. The van der Waals surface area contributed by atoms with Crippen molar-refractivity contribution < 1.29 is 9.18 Å². The second-order valence-corrected chi connectivity index (χ2v) is 5.13. The Balaban J connectivity index is 1.80. The predicted octanol–water partition coefficient (Wildman–Crippen LogP) is 4.03. The lowest BCUT2D eigenvalue weighted by atomic mass is 10.3. The molecule has 0 atom stereocenters. The summed E-state index contributed by atoms with van der Waals surface area (Å²) in [5.41, 5.74) is 1.14. The molecule has 0 fully saturated rings. The summed E-state index contributed by atoms with van der Waals surface area (Å²) in [6.07, 6.45) is 0.265. The van der Waals surface area contributed by atoms with Crippen molar-refractivity contribution in [3.05, 3.63) is 58.8 Å². The monoisotopic (exact) mass is 336 g/mol. The number of para-hydroxylation sites is 1. The van der Waals surface area contributed by atoms with Crippen molar-refractivity contribution in [2.24, 2.45) is 0 Å². The van der Waals surface area contributed by atoms with E-state index in [1.54, 1.807) is 12.1 Å². The van der Waals surface area contributed by atoms with E-state index in [1.165, 1.54) is 12.1 Å². The van der Waals surface area contributed by atoms with Crippen molar-refractivity contribution in [2.75, 3.05) is 17.2 Å². The number of carbonyl (C=O) groups excluding carboxylic acids is 1. The Morgan fingerprint density at radius 1 is 1.15 bits per heavy atom. The van der Waals surface area contributed by atoms with Crippen molar-refractivity contribution in [3.8, 4) is 0 Å². The number of rotatable bonds is 5. The van der Waals surface area contributed by atoms with E-state index >= 15 is 0 Å². The summed E-state index contributed by atoms with van der Waals surface area (Å²) in [5, 5.41) is 5.68. The molecule has 2 rings (SSSR count). The molecular formula is C15H14BrFN2O. The van der Waals surface area contributed by atoms with Crippen LogP contribution in [-0.4, -0.2) is 12.5 Å². The van der Waals surface area contributed by atoms with Gasteiger partial charge in [0.15, 0.2) is 0 Å². The van der Waals surface area contributed by atoms with E-state index in [0.717, 1.165) is 10.2 Å². The largest absolute Gasteiger partial charge is 0.384 e. The van der Waals surface area contributed by atoms with Crippen LogP contribution in [-0.2, 0) is 4.79 Å². The van der Waals surface area contributed by atoms with Crippen LogP contribution in [0.1, 0.15) is 6.42 Å². The van der Waals surface area contributed by atoms with E-state index in [1.807, 2.05) is 24.3 Å². The minimum absolute atomic E-state index is 0.208. The normalized spacial score (nSPS) is 10.1. The molecule has 0 aliphatic carbocycles. The van der Waals surface area contributed by atoms with E-state index in [2.05, 4.69) is 26.6 Å². The van der Waals surface area contributed by atoms with Crippen molar-refractivity contribution in [2.45, 2.75) is 6.42 Å². The summed E-state index contributed by atoms with van der Waals surface area (Å²) in [7, 11) is 0. The van der Waals surface area contributed by atoms with Gasteiger partial charge in [0.05, 0.1) is 5.69 Å². The Morgan fingerprint density at radius 3 is 2.70 bits per heavy atom. The van der Waals surface area contributed by atoms with Gasteiger partial charge in [0.2, 0.25) is 5.91 Å². The molecule has 0 unspecified atom stereocenters. The molecule has 2 N–H and O–H groups in total.